The van der Waals surface area contributed by atoms with Crippen molar-refractivity contribution in [2.75, 3.05) is 6.54 Å². The topological polar surface area (TPSA) is 38.9 Å². The van der Waals surface area contributed by atoms with Gasteiger partial charge in [-0.15, -0.1) is 11.3 Å². The molecule has 0 saturated heterocycles. The van der Waals surface area contributed by atoms with Crippen LogP contribution in [-0.2, 0) is 5.41 Å². The molecule has 1 atom stereocenters. The molecule has 1 rings (SSSR count). The number of aromatic nitrogens is 1. The highest BCUT2D eigenvalue weighted by molar-refractivity contribution is 7.09. The van der Waals surface area contributed by atoms with Crippen LogP contribution in [0.2, 0.25) is 0 Å². The zero-order valence-corrected chi connectivity index (χ0v) is 10.3. The second-order valence-electron chi connectivity index (χ2n) is 4.81. The van der Waals surface area contributed by atoms with Gasteiger partial charge in [-0.3, -0.25) is 0 Å². The summed E-state index contributed by atoms with van der Waals surface area (Å²) >= 11 is 1.76. The van der Waals surface area contributed by atoms with E-state index >= 15 is 0 Å². The molecule has 1 aromatic rings. The lowest BCUT2D eigenvalue weighted by Gasteiger charge is -2.14. The van der Waals surface area contributed by atoms with Crippen molar-refractivity contribution in [3.05, 3.63) is 16.1 Å². The minimum absolute atomic E-state index is 0.172. The predicted octanol–water partition coefficient (Wildman–Crippen LogP) is 2.89. The number of nitrogens with zero attached hydrogens (tertiary/aromatic N) is 1. The van der Waals surface area contributed by atoms with Crippen molar-refractivity contribution in [2.45, 2.75) is 45.4 Å². The molecule has 1 aromatic heterocycles. The summed E-state index contributed by atoms with van der Waals surface area (Å²) in [4.78, 5) is 4.66. The maximum atomic E-state index is 5.53. The minimum Gasteiger partial charge on any atom is -0.330 e. The van der Waals surface area contributed by atoms with Gasteiger partial charge >= 0.3 is 0 Å². The van der Waals surface area contributed by atoms with Crippen molar-refractivity contribution < 1.29 is 0 Å². The molecule has 0 aliphatic carbocycles. The monoisotopic (exact) mass is 212 g/mol. The van der Waals surface area contributed by atoms with Gasteiger partial charge in [0.05, 0.1) is 10.7 Å². The fraction of sp³-hybridized carbons (Fsp3) is 0.727. The smallest absolute Gasteiger partial charge is 0.0981 e. The minimum atomic E-state index is 0.172. The lowest BCUT2D eigenvalue weighted by molar-refractivity contribution is 0.577. The molecule has 0 aliphatic heterocycles. The third-order valence-corrected chi connectivity index (χ3v) is 3.55. The molecule has 0 saturated carbocycles. The molecule has 0 amide bonds. The molecule has 0 aromatic carbocycles. The van der Waals surface area contributed by atoms with E-state index in [9.17, 15) is 0 Å². The Morgan fingerprint density at radius 1 is 1.50 bits per heavy atom. The average molecular weight is 212 g/mol. The number of hydrogen-bond donors (Lipinski definition) is 1. The van der Waals surface area contributed by atoms with Crippen molar-refractivity contribution in [3.8, 4) is 0 Å². The molecular weight excluding hydrogens is 192 g/mol. The standard InChI is InChI=1S/C11H20N2S/c1-8(5-6-12)9-7-14-10(13-9)11(2,3)4/h7-8H,5-6,12H2,1-4H3. The zero-order chi connectivity index (χ0) is 10.8. The first kappa shape index (κ1) is 11.7. The largest absolute Gasteiger partial charge is 0.330 e. The highest BCUT2D eigenvalue weighted by atomic mass is 32.1. The fourth-order valence-corrected chi connectivity index (χ4v) is 2.28. The second kappa shape index (κ2) is 4.41. The quantitative estimate of drug-likeness (QED) is 0.836. The normalized spacial score (nSPS) is 14.4. The fourth-order valence-electron chi connectivity index (χ4n) is 1.25. The van der Waals surface area contributed by atoms with E-state index in [1.165, 1.54) is 10.7 Å². The van der Waals surface area contributed by atoms with Crippen molar-refractivity contribution >= 4 is 11.3 Å². The third kappa shape index (κ3) is 2.79. The van der Waals surface area contributed by atoms with Gasteiger partial charge in [0, 0.05) is 16.7 Å². The van der Waals surface area contributed by atoms with E-state index in [1.54, 1.807) is 11.3 Å². The van der Waals surface area contributed by atoms with Gasteiger partial charge in [0.2, 0.25) is 0 Å². The van der Waals surface area contributed by atoms with Gasteiger partial charge in [-0.05, 0) is 13.0 Å². The predicted molar refractivity (Wildman–Crippen MR) is 62.9 cm³/mol. The number of rotatable bonds is 3. The SMILES string of the molecule is CC(CCN)c1csc(C(C)(C)C)n1. The third-order valence-electron chi connectivity index (χ3n) is 2.27. The van der Waals surface area contributed by atoms with E-state index in [-0.39, 0.29) is 5.41 Å². The van der Waals surface area contributed by atoms with E-state index in [0.717, 1.165) is 13.0 Å². The van der Waals surface area contributed by atoms with Gasteiger partial charge in [-0.2, -0.15) is 0 Å². The lowest BCUT2D eigenvalue weighted by atomic mass is 9.98. The maximum Gasteiger partial charge on any atom is 0.0981 e. The molecule has 3 heteroatoms. The number of thiazole rings is 1. The molecule has 0 aliphatic rings. The van der Waals surface area contributed by atoms with Crippen LogP contribution < -0.4 is 5.73 Å². The van der Waals surface area contributed by atoms with Crippen LogP contribution in [0.15, 0.2) is 5.38 Å². The summed E-state index contributed by atoms with van der Waals surface area (Å²) in [6, 6.07) is 0. The molecule has 0 radical (unpaired) electrons. The van der Waals surface area contributed by atoms with Gasteiger partial charge < -0.3 is 5.73 Å². The van der Waals surface area contributed by atoms with Crippen LogP contribution in [0, 0.1) is 0 Å². The Labute approximate surface area is 90.6 Å². The van der Waals surface area contributed by atoms with Crippen LogP contribution in [0.25, 0.3) is 0 Å². The maximum absolute atomic E-state index is 5.53. The number of hydrogen-bond acceptors (Lipinski definition) is 3. The van der Waals surface area contributed by atoms with Gasteiger partial charge in [0.25, 0.3) is 0 Å². The molecule has 0 spiro atoms. The molecule has 2 N–H and O–H groups in total. The van der Waals surface area contributed by atoms with E-state index in [1.807, 2.05) is 0 Å². The summed E-state index contributed by atoms with van der Waals surface area (Å²) in [5.41, 5.74) is 6.91. The summed E-state index contributed by atoms with van der Waals surface area (Å²) in [5, 5.41) is 3.39. The summed E-state index contributed by atoms with van der Waals surface area (Å²) in [6.07, 6.45) is 1.02. The Kier molecular flexibility index (Phi) is 3.67. The van der Waals surface area contributed by atoms with E-state index in [4.69, 9.17) is 5.73 Å². The Bertz CT molecular complexity index is 286. The summed E-state index contributed by atoms with van der Waals surface area (Å²) < 4.78 is 0. The van der Waals surface area contributed by atoms with Crippen molar-refractivity contribution in [1.82, 2.24) is 4.98 Å². The molecule has 0 fully saturated rings. The Balaban J connectivity index is 2.78. The van der Waals surface area contributed by atoms with Crippen LogP contribution in [0.4, 0.5) is 0 Å². The Hall–Kier alpha value is -0.410. The van der Waals surface area contributed by atoms with Gasteiger partial charge in [0.1, 0.15) is 0 Å². The van der Waals surface area contributed by atoms with E-state index in [2.05, 4.69) is 38.1 Å². The summed E-state index contributed by atoms with van der Waals surface area (Å²) in [5.74, 6) is 0.493. The van der Waals surface area contributed by atoms with Gasteiger partial charge in [-0.1, -0.05) is 27.7 Å². The Morgan fingerprint density at radius 3 is 2.57 bits per heavy atom. The molecule has 1 unspecified atom stereocenters. The highest BCUT2D eigenvalue weighted by Crippen LogP contribution is 2.28. The van der Waals surface area contributed by atoms with Gasteiger partial charge in [0.15, 0.2) is 0 Å². The second-order valence-corrected chi connectivity index (χ2v) is 5.66. The molecule has 2 nitrogen and oxygen atoms in total. The van der Waals surface area contributed by atoms with E-state index in [0.29, 0.717) is 5.92 Å². The van der Waals surface area contributed by atoms with Crippen LogP contribution in [-0.4, -0.2) is 11.5 Å². The molecule has 0 bridgehead atoms. The van der Waals surface area contributed by atoms with Crippen LogP contribution >= 0.6 is 11.3 Å². The number of nitrogens with two attached hydrogens (primary N) is 1. The van der Waals surface area contributed by atoms with Crippen LogP contribution in [0.3, 0.4) is 0 Å². The first-order chi connectivity index (χ1) is 6.45. The van der Waals surface area contributed by atoms with Gasteiger partial charge in [-0.25, -0.2) is 4.98 Å². The molecule has 1 heterocycles. The molecule has 80 valence electrons. The Morgan fingerprint density at radius 2 is 2.14 bits per heavy atom. The summed E-state index contributed by atoms with van der Waals surface area (Å²) in [7, 11) is 0. The molecule has 14 heavy (non-hydrogen) atoms. The van der Waals surface area contributed by atoms with E-state index < -0.39 is 0 Å². The first-order valence-electron chi connectivity index (χ1n) is 5.11. The average Bonchev–Trinajstić information content (AvgIpc) is 2.51. The first-order valence-corrected chi connectivity index (χ1v) is 5.99. The van der Waals surface area contributed by atoms with Crippen molar-refractivity contribution in [3.63, 3.8) is 0 Å². The lowest BCUT2D eigenvalue weighted by Crippen LogP contribution is -2.11. The zero-order valence-electron chi connectivity index (χ0n) is 9.50. The van der Waals surface area contributed by atoms with Crippen molar-refractivity contribution in [2.24, 2.45) is 5.73 Å². The highest BCUT2D eigenvalue weighted by Gasteiger charge is 2.19. The summed E-state index contributed by atoms with van der Waals surface area (Å²) in [6.45, 7) is 9.52. The van der Waals surface area contributed by atoms with Crippen LogP contribution in [0.5, 0.6) is 0 Å². The van der Waals surface area contributed by atoms with Crippen LogP contribution in [0.1, 0.15) is 50.7 Å². The molecular formula is C11H20N2S. The van der Waals surface area contributed by atoms with Crippen molar-refractivity contribution in [1.29, 1.82) is 0 Å².